The minimum atomic E-state index is -0.900. The average Bonchev–Trinajstić information content (AvgIpc) is 2.78. The van der Waals surface area contributed by atoms with Crippen molar-refractivity contribution in [3.63, 3.8) is 0 Å². The standard InChI is InChI=1S/C19H27ClN4O3/c1-19(2)17(26)24(18(27)21-19)13-16(25)12-23-8-6-22(7-9-23)11-14-4-3-5-15(20)10-14/h3-5,10,16,25H,6-9,11-13H2,1-2H3,(H,21,27)/t16-/m1/s1. The highest BCUT2D eigenvalue weighted by Gasteiger charge is 2.44. The lowest BCUT2D eigenvalue weighted by Gasteiger charge is -2.36. The molecule has 2 aliphatic rings. The molecule has 3 rings (SSSR count). The van der Waals surface area contributed by atoms with E-state index in [-0.39, 0.29) is 12.5 Å². The highest BCUT2D eigenvalue weighted by atomic mass is 35.5. The summed E-state index contributed by atoms with van der Waals surface area (Å²) in [5.74, 6) is -0.294. The number of carbonyl (C=O) groups is 2. The number of carbonyl (C=O) groups excluding carboxylic acids is 2. The Bertz CT molecular complexity index is 704. The predicted octanol–water partition coefficient (Wildman–Crippen LogP) is 1.15. The number of amides is 3. The molecule has 2 N–H and O–H groups in total. The quantitative estimate of drug-likeness (QED) is 0.708. The van der Waals surface area contributed by atoms with Crippen LogP contribution in [-0.4, -0.2) is 82.7 Å². The van der Waals surface area contributed by atoms with E-state index in [1.54, 1.807) is 13.8 Å². The van der Waals surface area contributed by atoms with Gasteiger partial charge in [-0.3, -0.25) is 19.5 Å². The fourth-order valence-corrected chi connectivity index (χ4v) is 3.79. The van der Waals surface area contributed by atoms with Crippen LogP contribution in [0.4, 0.5) is 4.79 Å². The topological polar surface area (TPSA) is 76.1 Å². The number of hydrogen-bond acceptors (Lipinski definition) is 5. The van der Waals surface area contributed by atoms with Gasteiger partial charge in [-0.1, -0.05) is 23.7 Å². The van der Waals surface area contributed by atoms with Crippen molar-refractivity contribution in [1.82, 2.24) is 20.0 Å². The van der Waals surface area contributed by atoms with Crippen molar-refractivity contribution in [2.24, 2.45) is 0 Å². The van der Waals surface area contributed by atoms with Gasteiger partial charge in [0.25, 0.3) is 5.91 Å². The van der Waals surface area contributed by atoms with Crippen molar-refractivity contribution in [3.8, 4) is 0 Å². The summed E-state index contributed by atoms with van der Waals surface area (Å²) in [6.07, 6.45) is -0.756. The van der Waals surface area contributed by atoms with E-state index in [1.165, 1.54) is 5.56 Å². The van der Waals surface area contributed by atoms with Crippen LogP contribution in [0, 0.1) is 0 Å². The number of piperazine rings is 1. The number of rotatable bonds is 6. The molecule has 0 unspecified atom stereocenters. The molecule has 0 bridgehead atoms. The number of imide groups is 1. The van der Waals surface area contributed by atoms with Gasteiger partial charge in [-0.05, 0) is 31.5 Å². The Hall–Kier alpha value is -1.67. The highest BCUT2D eigenvalue weighted by Crippen LogP contribution is 2.17. The maximum absolute atomic E-state index is 12.2. The summed E-state index contributed by atoms with van der Waals surface area (Å²) in [5.41, 5.74) is 0.292. The fourth-order valence-electron chi connectivity index (χ4n) is 3.57. The Labute approximate surface area is 164 Å². The normalized spacial score (nSPS) is 22.1. The van der Waals surface area contributed by atoms with Crippen LogP contribution in [0.1, 0.15) is 19.4 Å². The van der Waals surface area contributed by atoms with E-state index in [1.807, 2.05) is 18.2 Å². The Morgan fingerprint density at radius 3 is 2.41 bits per heavy atom. The van der Waals surface area contributed by atoms with Crippen molar-refractivity contribution in [1.29, 1.82) is 0 Å². The first-order valence-corrected chi connectivity index (χ1v) is 9.64. The molecule has 2 aliphatic heterocycles. The van der Waals surface area contributed by atoms with Gasteiger partial charge in [0.2, 0.25) is 0 Å². The Morgan fingerprint density at radius 2 is 1.81 bits per heavy atom. The van der Waals surface area contributed by atoms with Crippen molar-refractivity contribution in [2.75, 3.05) is 39.3 Å². The molecular weight excluding hydrogens is 368 g/mol. The maximum atomic E-state index is 12.2. The predicted molar refractivity (Wildman–Crippen MR) is 103 cm³/mol. The van der Waals surface area contributed by atoms with Crippen LogP contribution in [0.2, 0.25) is 5.02 Å². The number of aliphatic hydroxyl groups is 1. The summed E-state index contributed by atoms with van der Waals surface area (Å²) in [6, 6.07) is 7.45. The Kier molecular flexibility index (Phi) is 6.05. The lowest BCUT2D eigenvalue weighted by atomic mass is 10.1. The fraction of sp³-hybridized carbons (Fsp3) is 0.579. The van der Waals surface area contributed by atoms with E-state index in [0.29, 0.717) is 6.54 Å². The molecule has 7 nitrogen and oxygen atoms in total. The molecule has 2 fully saturated rings. The van der Waals surface area contributed by atoms with Gasteiger partial charge < -0.3 is 10.4 Å². The molecule has 0 spiro atoms. The summed E-state index contributed by atoms with van der Waals surface area (Å²) in [4.78, 5) is 29.8. The second kappa shape index (κ2) is 8.14. The molecule has 0 aliphatic carbocycles. The van der Waals surface area contributed by atoms with Crippen molar-refractivity contribution in [3.05, 3.63) is 34.9 Å². The molecule has 0 saturated carbocycles. The molecule has 1 aromatic carbocycles. The van der Waals surface area contributed by atoms with Gasteiger partial charge in [0.15, 0.2) is 0 Å². The lowest BCUT2D eigenvalue weighted by Crippen LogP contribution is -2.50. The van der Waals surface area contributed by atoms with E-state index in [0.717, 1.165) is 42.6 Å². The Balaban J connectivity index is 1.44. The monoisotopic (exact) mass is 394 g/mol. The van der Waals surface area contributed by atoms with Crippen molar-refractivity contribution >= 4 is 23.5 Å². The molecule has 0 radical (unpaired) electrons. The van der Waals surface area contributed by atoms with E-state index in [4.69, 9.17) is 11.6 Å². The molecular formula is C19H27ClN4O3. The third-order valence-electron chi connectivity index (χ3n) is 5.07. The number of β-amino-alcohol motifs (C(OH)–C–C–N with tert-alkyl or cyclic N) is 1. The summed E-state index contributed by atoms with van der Waals surface area (Å²) < 4.78 is 0. The first-order chi connectivity index (χ1) is 12.7. The van der Waals surface area contributed by atoms with Crippen LogP contribution in [0.25, 0.3) is 0 Å². The zero-order valence-electron chi connectivity index (χ0n) is 15.8. The number of benzene rings is 1. The minimum absolute atomic E-state index is 0.0246. The number of urea groups is 1. The van der Waals surface area contributed by atoms with Crippen LogP contribution in [0.3, 0.4) is 0 Å². The number of hydrogen-bond donors (Lipinski definition) is 2. The highest BCUT2D eigenvalue weighted by molar-refractivity contribution is 6.30. The summed E-state index contributed by atoms with van der Waals surface area (Å²) >= 11 is 6.04. The molecule has 27 heavy (non-hydrogen) atoms. The van der Waals surface area contributed by atoms with Gasteiger partial charge in [-0.25, -0.2) is 4.79 Å². The van der Waals surface area contributed by atoms with E-state index in [9.17, 15) is 14.7 Å². The molecule has 3 amide bonds. The van der Waals surface area contributed by atoms with Gasteiger partial charge in [0.05, 0.1) is 12.6 Å². The van der Waals surface area contributed by atoms with Crippen molar-refractivity contribution in [2.45, 2.75) is 32.0 Å². The van der Waals surface area contributed by atoms with Gasteiger partial charge in [-0.15, -0.1) is 0 Å². The first-order valence-electron chi connectivity index (χ1n) is 9.26. The van der Waals surface area contributed by atoms with Crippen molar-refractivity contribution < 1.29 is 14.7 Å². The first kappa shape index (κ1) is 20.1. The number of nitrogens with one attached hydrogen (secondary N) is 1. The largest absolute Gasteiger partial charge is 0.390 e. The van der Waals surface area contributed by atoms with E-state index >= 15 is 0 Å². The van der Waals surface area contributed by atoms with Gasteiger partial charge in [0, 0.05) is 44.3 Å². The van der Waals surface area contributed by atoms with Crippen LogP contribution in [0.15, 0.2) is 24.3 Å². The summed E-state index contributed by atoms with van der Waals surface area (Å²) in [5, 5.41) is 13.7. The van der Waals surface area contributed by atoms with Crippen LogP contribution in [0.5, 0.6) is 0 Å². The lowest BCUT2D eigenvalue weighted by molar-refractivity contribution is -0.131. The van der Waals surface area contributed by atoms with Crippen LogP contribution < -0.4 is 5.32 Å². The smallest absolute Gasteiger partial charge is 0.325 e. The SMILES string of the molecule is CC1(C)NC(=O)N(C[C@H](O)CN2CCN(Cc3cccc(Cl)c3)CC2)C1=O. The zero-order valence-corrected chi connectivity index (χ0v) is 16.6. The van der Waals surface area contributed by atoms with Gasteiger partial charge in [0.1, 0.15) is 5.54 Å². The molecule has 8 heteroatoms. The molecule has 2 saturated heterocycles. The van der Waals surface area contributed by atoms with E-state index < -0.39 is 17.7 Å². The third kappa shape index (κ3) is 4.99. The Morgan fingerprint density at radius 1 is 1.15 bits per heavy atom. The molecule has 148 valence electrons. The third-order valence-corrected chi connectivity index (χ3v) is 5.30. The maximum Gasteiger partial charge on any atom is 0.325 e. The summed E-state index contributed by atoms with van der Waals surface area (Å²) in [7, 11) is 0. The van der Waals surface area contributed by atoms with Gasteiger partial charge >= 0.3 is 6.03 Å². The molecule has 2 heterocycles. The van der Waals surface area contributed by atoms with E-state index in [2.05, 4.69) is 21.2 Å². The number of aliphatic hydroxyl groups excluding tert-OH is 1. The molecule has 1 atom stereocenters. The number of halogens is 1. The second-order valence-corrected chi connectivity index (χ2v) is 8.27. The average molecular weight is 395 g/mol. The minimum Gasteiger partial charge on any atom is -0.390 e. The zero-order chi connectivity index (χ0) is 19.6. The molecule has 1 aromatic rings. The molecule has 0 aromatic heterocycles. The summed E-state index contributed by atoms with van der Waals surface area (Å²) in [6.45, 7) is 8.13. The van der Waals surface area contributed by atoms with Gasteiger partial charge in [-0.2, -0.15) is 0 Å². The second-order valence-electron chi connectivity index (χ2n) is 7.83. The van der Waals surface area contributed by atoms with Crippen LogP contribution >= 0.6 is 11.6 Å². The number of nitrogens with zero attached hydrogens (tertiary/aromatic N) is 3. The van der Waals surface area contributed by atoms with Crippen LogP contribution in [-0.2, 0) is 11.3 Å².